The first-order chi connectivity index (χ1) is 11.2. The predicted octanol–water partition coefficient (Wildman–Crippen LogP) is 3.21. The SMILES string of the molecule is Fc1ccc(OC(c2ccccc2)C2CNCCO2)c(F)c1F. The van der Waals surface area contributed by atoms with Gasteiger partial charge in [0.1, 0.15) is 6.10 Å². The monoisotopic (exact) mass is 323 g/mol. The molecule has 0 radical (unpaired) electrons. The van der Waals surface area contributed by atoms with Gasteiger partial charge in [-0.1, -0.05) is 30.3 Å². The lowest BCUT2D eigenvalue weighted by atomic mass is 10.0. The van der Waals surface area contributed by atoms with E-state index in [1.165, 1.54) is 0 Å². The van der Waals surface area contributed by atoms with E-state index in [9.17, 15) is 13.2 Å². The summed E-state index contributed by atoms with van der Waals surface area (Å²) in [6.45, 7) is 1.74. The summed E-state index contributed by atoms with van der Waals surface area (Å²) in [7, 11) is 0. The van der Waals surface area contributed by atoms with E-state index < -0.39 is 23.6 Å². The van der Waals surface area contributed by atoms with Crippen molar-refractivity contribution < 1.29 is 22.6 Å². The van der Waals surface area contributed by atoms with Gasteiger partial charge in [0.05, 0.1) is 6.61 Å². The lowest BCUT2D eigenvalue weighted by Crippen LogP contribution is -2.43. The number of nitrogens with one attached hydrogen (secondary N) is 1. The van der Waals surface area contributed by atoms with E-state index in [0.717, 1.165) is 24.2 Å². The van der Waals surface area contributed by atoms with Crippen molar-refractivity contribution in [2.24, 2.45) is 0 Å². The van der Waals surface area contributed by atoms with Gasteiger partial charge >= 0.3 is 0 Å². The van der Waals surface area contributed by atoms with Crippen LogP contribution in [0.4, 0.5) is 13.2 Å². The molecule has 1 aliphatic rings. The molecule has 1 saturated heterocycles. The van der Waals surface area contributed by atoms with E-state index in [4.69, 9.17) is 9.47 Å². The zero-order chi connectivity index (χ0) is 16.2. The summed E-state index contributed by atoms with van der Waals surface area (Å²) in [6.07, 6.45) is -0.998. The molecular weight excluding hydrogens is 307 g/mol. The Kier molecular flexibility index (Phi) is 4.83. The quantitative estimate of drug-likeness (QED) is 0.877. The smallest absolute Gasteiger partial charge is 0.203 e. The van der Waals surface area contributed by atoms with Crippen molar-refractivity contribution in [2.45, 2.75) is 12.2 Å². The number of benzene rings is 2. The maximum absolute atomic E-state index is 13.9. The zero-order valence-corrected chi connectivity index (χ0v) is 12.3. The van der Waals surface area contributed by atoms with Gasteiger partial charge in [-0.05, 0) is 17.7 Å². The molecule has 2 unspecified atom stereocenters. The molecule has 1 heterocycles. The third-order valence-corrected chi connectivity index (χ3v) is 3.68. The number of morpholine rings is 1. The van der Waals surface area contributed by atoms with Crippen molar-refractivity contribution in [1.82, 2.24) is 5.32 Å². The molecule has 2 aromatic carbocycles. The summed E-state index contributed by atoms with van der Waals surface area (Å²) in [5, 5.41) is 3.17. The molecule has 3 rings (SSSR count). The topological polar surface area (TPSA) is 30.5 Å². The molecule has 1 aliphatic heterocycles. The van der Waals surface area contributed by atoms with Gasteiger partial charge in [-0.3, -0.25) is 0 Å². The van der Waals surface area contributed by atoms with E-state index in [-0.39, 0.29) is 11.9 Å². The molecule has 6 heteroatoms. The van der Waals surface area contributed by atoms with Gasteiger partial charge in [0.15, 0.2) is 23.5 Å². The van der Waals surface area contributed by atoms with Crippen LogP contribution in [-0.2, 0) is 4.74 Å². The second kappa shape index (κ2) is 7.02. The van der Waals surface area contributed by atoms with Crippen LogP contribution < -0.4 is 10.1 Å². The standard InChI is InChI=1S/C17H16F3NO2/c18-12-6-7-13(16(20)15(12)19)23-17(11-4-2-1-3-5-11)14-10-21-8-9-22-14/h1-7,14,17,21H,8-10H2. The predicted molar refractivity (Wildman–Crippen MR) is 78.7 cm³/mol. The van der Waals surface area contributed by atoms with Crippen molar-refractivity contribution in [1.29, 1.82) is 0 Å². The van der Waals surface area contributed by atoms with E-state index in [1.54, 1.807) is 0 Å². The number of halogens is 3. The van der Waals surface area contributed by atoms with Crippen molar-refractivity contribution in [2.75, 3.05) is 19.7 Å². The molecule has 122 valence electrons. The fraction of sp³-hybridized carbons (Fsp3) is 0.294. The highest BCUT2D eigenvalue weighted by Gasteiger charge is 2.29. The highest BCUT2D eigenvalue weighted by atomic mass is 19.2. The summed E-state index contributed by atoms with van der Waals surface area (Å²) in [5.74, 6) is -4.47. The Morgan fingerprint density at radius 2 is 1.83 bits per heavy atom. The van der Waals surface area contributed by atoms with Crippen molar-refractivity contribution in [3.05, 3.63) is 65.5 Å². The maximum Gasteiger partial charge on any atom is 0.203 e. The largest absolute Gasteiger partial charge is 0.480 e. The molecule has 0 aromatic heterocycles. The number of hydrogen-bond acceptors (Lipinski definition) is 3. The summed E-state index contributed by atoms with van der Waals surface area (Å²) in [5.41, 5.74) is 0.769. The van der Waals surface area contributed by atoms with E-state index in [1.807, 2.05) is 30.3 Å². The second-order valence-corrected chi connectivity index (χ2v) is 5.24. The molecule has 0 bridgehead atoms. The summed E-state index contributed by atoms with van der Waals surface area (Å²) in [6, 6.07) is 11.1. The summed E-state index contributed by atoms with van der Waals surface area (Å²) < 4.78 is 51.7. The molecule has 23 heavy (non-hydrogen) atoms. The lowest BCUT2D eigenvalue weighted by Gasteiger charge is -2.31. The van der Waals surface area contributed by atoms with Crippen LogP contribution in [0, 0.1) is 17.5 Å². The Bertz CT molecular complexity index is 660. The fourth-order valence-electron chi connectivity index (χ4n) is 2.52. The van der Waals surface area contributed by atoms with E-state index in [0.29, 0.717) is 13.2 Å². The Labute approximate surface area is 132 Å². The lowest BCUT2D eigenvalue weighted by molar-refractivity contribution is -0.0444. The van der Waals surface area contributed by atoms with Crippen molar-refractivity contribution in [3.8, 4) is 5.75 Å². The minimum Gasteiger partial charge on any atom is -0.480 e. The first kappa shape index (κ1) is 15.8. The van der Waals surface area contributed by atoms with Crippen molar-refractivity contribution in [3.63, 3.8) is 0 Å². The molecule has 0 saturated carbocycles. The molecule has 2 atom stereocenters. The third kappa shape index (κ3) is 3.48. The molecule has 0 amide bonds. The van der Waals surface area contributed by atoms with Gasteiger partial charge in [-0.2, -0.15) is 4.39 Å². The Balaban J connectivity index is 1.91. The molecule has 2 aromatic rings. The molecule has 3 nitrogen and oxygen atoms in total. The first-order valence-corrected chi connectivity index (χ1v) is 7.34. The molecule has 0 aliphatic carbocycles. The number of ether oxygens (including phenoxy) is 2. The molecule has 1 fully saturated rings. The van der Waals surface area contributed by atoms with E-state index in [2.05, 4.69) is 5.32 Å². The van der Waals surface area contributed by atoms with E-state index >= 15 is 0 Å². The summed E-state index contributed by atoms with van der Waals surface area (Å²) in [4.78, 5) is 0. The van der Waals surface area contributed by atoms with Crippen LogP contribution in [0.3, 0.4) is 0 Å². The number of rotatable bonds is 4. The van der Waals surface area contributed by atoms with Crippen LogP contribution in [0.2, 0.25) is 0 Å². The van der Waals surface area contributed by atoms with Crippen molar-refractivity contribution >= 4 is 0 Å². The van der Waals surface area contributed by atoms with Crippen LogP contribution in [0.5, 0.6) is 5.75 Å². The Morgan fingerprint density at radius 1 is 1.04 bits per heavy atom. The average Bonchev–Trinajstić information content (AvgIpc) is 2.61. The van der Waals surface area contributed by atoms with Gasteiger partial charge in [-0.15, -0.1) is 0 Å². The van der Waals surface area contributed by atoms with Gasteiger partial charge < -0.3 is 14.8 Å². The normalized spacial score (nSPS) is 19.3. The maximum atomic E-state index is 13.9. The van der Waals surface area contributed by atoms with Gasteiger partial charge in [0.2, 0.25) is 5.82 Å². The first-order valence-electron chi connectivity index (χ1n) is 7.34. The third-order valence-electron chi connectivity index (χ3n) is 3.68. The minimum atomic E-state index is -1.54. The fourth-order valence-corrected chi connectivity index (χ4v) is 2.52. The minimum absolute atomic E-state index is 0.341. The van der Waals surface area contributed by atoms with Crippen LogP contribution in [-0.4, -0.2) is 25.8 Å². The van der Waals surface area contributed by atoms with Crippen LogP contribution in [0.25, 0.3) is 0 Å². The van der Waals surface area contributed by atoms with Crippen LogP contribution in [0.15, 0.2) is 42.5 Å². The van der Waals surface area contributed by atoms with Crippen LogP contribution >= 0.6 is 0 Å². The second-order valence-electron chi connectivity index (χ2n) is 5.24. The molecular formula is C17H16F3NO2. The summed E-state index contributed by atoms with van der Waals surface area (Å²) >= 11 is 0. The molecule has 1 N–H and O–H groups in total. The van der Waals surface area contributed by atoms with Gasteiger partial charge in [-0.25, -0.2) is 8.78 Å². The highest BCUT2D eigenvalue weighted by molar-refractivity contribution is 5.28. The highest BCUT2D eigenvalue weighted by Crippen LogP contribution is 2.30. The average molecular weight is 323 g/mol. The van der Waals surface area contributed by atoms with Gasteiger partial charge in [0.25, 0.3) is 0 Å². The number of hydrogen-bond donors (Lipinski definition) is 1. The Hall–Kier alpha value is -2.05. The van der Waals surface area contributed by atoms with Gasteiger partial charge in [0, 0.05) is 13.1 Å². The van der Waals surface area contributed by atoms with Crippen LogP contribution in [0.1, 0.15) is 11.7 Å². The zero-order valence-electron chi connectivity index (χ0n) is 12.3. The molecule has 0 spiro atoms. The Morgan fingerprint density at radius 3 is 2.52 bits per heavy atom.